The first-order valence-electron chi connectivity index (χ1n) is 9.99. The van der Waals surface area contributed by atoms with Gasteiger partial charge in [-0.1, -0.05) is 18.7 Å². The standard InChI is InChI=1S/C23H24N2O5S/c1-4-14-9-15-10-20-21(30-8-7-29-20)12-18(15)25-23(14)31-13-22(26)24-17-6-5-16(27-2)11-19(17)28-3/h5-6,9-12H,4,7-8,13H2,1-3H3,(H,24,26). The number of aryl methyl sites for hydroxylation is 1. The van der Waals surface area contributed by atoms with Crippen molar-refractivity contribution in [2.75, 3.05) is 38.5 Å². The number of nitrogens with zero attached hydrogens (tertiary/aromatic N) is 1. The predicted molar refractivity (Wildman–Crippen MR) is 121 cm³/mol. The maximum Gasteiger partial charge on any atom is 0.234 e. The number of hydrogen-bond acceptors (Lipinski definition) is 7. The van der Waals surface area contributed by atoms with Crippen molar-refractivity contribution in [2.45, 2.75) is 18.4 Å². The number of fused-ring (bicyclic) bond motifs is 2. The second kappa shape index (κ2) is 9.34. The Morgan fingerprint density at radius 1 is 1.10 bits per heavy atom. The molecule has 0 saturated carbocycles. The van der Waals surface area contributed by atoms with Crippen molar-refractivity contribution < 1.29 is 23.7 Å². The summed E-state index contributed by atoms with van der Waals surface area (Å²) < 4.78 is 21.9. The zero-order valence-electron chi connectivity index (χ0n) is 17.7. The Kier molecular flexibility index (Phi) is 6.36. The van der Waals surface area contributed by atoms with Gasteiger partial charge in [-0.15, -0.1) is 0 Å². The van der Waals surface area contributed by atoms with E-state index in [2.05, 4.69) is 18.3 Å². The number of thioether (sulfide) groups is 1. The third kappa shape index (κ3) is 4.64. The van der Waals surface area contributed by atoms with Crippen LogP contribution in [0.5, 0.6) is 23.0 Å². The lowest BCUT2D eigenvalue weighted by Crippen LogP contribution is -2.15. The van der Waals surface area contributed by atoms with Crippen LogP contribution in [0, 0.1) is 0 Å². The summed E-state index contributed by atoms with van der Waals surface area (Å²) in [5.41, 5.74) is 2.50. The molecule has 3 aromatic rings. The van der Waals surface area contributed by atoms with E-state index in [0.29, 0.717) is 36.1 Å². The van der Waals surface area contributed by atoms with Crippen LogP contribution in [0.3, 0.4) is 0 Å². The average Bonchev–Trinajstić information content (AvgIpc) is 2.81. The van der Waals surface area contributed by atoms with Gasteiger partial charge in [0.05, 0.1) is 31.2 Å². The fourth-order valence-corrected chi connectivity index (χ4v) is 4.23. The van der Waals surface area contributed by atoms with E-state index in [1.807, 2.05) is 12.1 Å². The molecule has 0 radical (unpaired) electrons. The average molecular weight is 441 g/mol. The van der Waals surface area contributed by atoms with Gasteiger partial charge in [0.15, 0.2) is 11.5 Å². The summed E-state index contributed by atoms with van der Waals surface area (Å²) in [6, 6.07) is 11.2. The Morgan fingerprint density at radius 3 is 2.58 bits per heavy atom. The quantitative estimate of drug-likeness (QED) is 0.548. The molecule has 0 aliphatic carbocycles. The number of carbonyl (C=O) groups is 1. The van der Waals surface area contributed by atoms with Gasteiger partial charge in [0.2, 0.25) is 5.91 Å². The van der Waals surface area contributed by atoms with Crippen molar-refractivity contribution in [3.05, 3.63) is 42.0 Å². The molecule has 2 heterocycles. The Balaban J connectivity index is 1.51. The van der Waals surface area contributed by atoms with Gasteiger partial charge in [0.25, 0.3) is 0 Å². The van der Waals surface area contributed by atoms with E-state index in [1.165, 1.54) is 11.8 Å². The number of anilines is 1. The molecule has 7 nitrogen and oxygen atoms in total. The highest BCUT2D eigenvalue weighted by Gasteiger charge is 2.16. The van der Waals surface area contributed by atoms with Crippen LogP contribution >= 0.6 is 11.8 Å². The lowest BCUT2D eigenvalue weighted by atomic mass is 10.1. The number of hydrogen-bond donors (Lipinski definition) is 1. The molecular formula is C23H24N2O5S. The number of nitrogens with one attached hydrogen (secondary N) is 1. The van der Waals surface area contributed by atoms with Gasteiger partial charge in [-0.05, 0) is 36.2 Å². The molecule has 0 fully saturated rings. The van der Waals surface area contributed by atoms with E-state index in [-0.39, 0.29) is 11.7 Å². The highest BCUT2D eigenvalue weighted by molar-refractivity contribution is 8.00. The van der Waals surface area contributed by atoms with Gasteiger partial charge in [0, 0.05) is 17.5 Å². The fourth-order valence-electron chi connectivity index (χ4n) is 3.34. The van der Waals surface area contributed by atoms with Crippen molar-refractivity contribution in [2.24, 2.45) is 0 Å². The summed E-state index contributed by atoms with van der Waals surface area (Å²) in [5, 5.41) is 4.73. The highest BCUT2D eigenvalue weighted by atomic mass is 32.2. The lowest BCUT2D eigenvalue weighted by molar-refractivity contribution is -0.113. The van der Waals surface area contributed by atoms with Crippen LogP contribution in [0.25, 0.3) is 10.9 Å². The van der Waals surface area contributed by atoms with E-state index < -0.39 is 0 Å². The first-order chi connectivity index (χ1) is 15.1. The van der Waals surface area contributed by atoms with Crippen molar-refractivity contribution in [3.63, 3.8) is 0 Å². The third-order valence-corrected chi connectivity index (χ3v) is 5.96. The zero-order chi connectivity index (χ0) is 21.8. The van der Waals surface area contributed by atoms with Crippen LogP contribution in [0.15, 0.2) is 41.4 Å². The summed E-state index contributed by atoms with van der Waals surface area (Å²) in [5.74, 6) is 2.74. The van der Waals surface area contributed by atoms with E-state index in [9.17, 15) is 4.79 Å². The summed E-state index contributed by atoms with van der Waals surface area (Å²) in [6.45, 7) is 3.16. The van der Waals surface area contributed by atoms with Crippen LogP contribution in [0.4, 0.5) is 5.69 Å². The molecule has 4 rings (SSSR count). The van der Waals surface area contributed by atoms with Crippen LogP contribution < -0.4 is 24.3 Å². The van der Waals surface area contributed by atoms with Crippen LogP contribution in [-0.4, -0.2) is 44.1 Å². The molecular weight excluding hydrogens is 416 g/mol. The summed E-state index contributed by atoms with van der Waals surface area (Å²) >= 11 is 1.41. The zero-order valence-corrected chi connectivity index (χ0v) is 18.5. The maximum atomic E-state index is 12.6. The van der Waals surface area contributed by atoms with Crippen molar-refractivity contribution in [3.8, 4) is 23.0 Å². The SMILES string of the molecule is CCc1cc2cc3c(cc2nc1SCC(=O)Nc1ccc(OC)cc1OC)OCCO3. The molecule has 1 aromatic heterocycles. The lowest BCUT2D eigenvalue weighted by Gasteiger charge is -2.19. The highest BCUT2D eigenvalue weighted by Crippen LogP contribution is 2.36. The molecule has 1 aliphatic heterocycles. The molecule has 1 amide bonds. The van der Waals surface area contributed by atoms with E-state index in [1.54, 1.807) is 32.4 Å². The fraction of sp³-hybridized carbons (Fsp3) is 0.304. The summed E-state index contributed by atoms with van der Waals surface area (Å²) in [6.07, 6.45) is 0.813. The number of pyridine rings is 1. The molecule has 0 saturated heterocycles. The first-order valence-corrected chi connectivity index (χ1v) is 11.0. The topological polar surface area (TPSA) is 78.9 Å². The van der Waals surface area contributed by atoms with Gasteiger partial charge in [-0.3, -0.25) is 4.79 Å². The van der Waals surface area contributed by atoms with Gasteiger partial charge < -0.3 is 24.3 Å². The van der Waals surface area contributed by atoms with Crippen LogP contribution in [0.2, 0.25) is 0 Å². The maximum absolute atomic E-state index is 12.6. The van der Waals surface area contributed by atoms with E-state index in [4.69, 9.17) is 23.9 Å². The Labute approximate surface area is 185 Å². The van der Waals surface area contributed by atoms with Crippen molar-refractivity contribution in [1.29, 1.82) is 0 Å². The van der Waals surface area contributed by atoms with Crippen molar-refractivity contribution in [1.82, 2.24) is 4.98 Å². The minimum absolute atomic E-state index is 0.139. The van der Waals surface area contributed by atoms with Gasteiger partial charge in [0.1, 0.15) is 29.7 Å². The summed E-state index contributed by atoms with van der Waals surface area (Å²) in [7, 11) is 3.14. The second-order valence-electron chi connectivity index (χ2n) is 6.90. The minimum Gasteiger partial charge on any atom is -0.497 e. The minimum atomic E-state index is -0.139. The van der Waals surface area contributed by atoms with Crippen molar-refractivity contribution >= 4 is 34.3 Å². The molecule has 1 N–H and O–H groups in total. The Morgan fingerprint density at radius 2 is 1.87 bits per heavy atom. The van der Waals surface area contributed by atoms with Gasteiger partial charge in [-0.25, -0.2) is 4.98 Å². The molecule has 8 heteroatoms. The molecule has 0 atom stereocenters. The van der Waals surface area contributed by atoms with Gasteiger partial charge >= 0.3 is 0 Å². The Bertz CT molecular complexity index is 1120. The number of benzene rings is 2. The molecule has 1 aliphatic rings. The number of aromatic nitrogens is 1. The number of carbonyl (C=O) groups excluding carboxylic acids is 1. The molecule has 162 valence electrons. The number of rotatable bonds is 7. The number of methoxy groups -OCH3 is 2. The Hall–Kier alpha value is -3.13. The number of amides is 1. The van der Waals surface area contributed by atoms with Crippen LogP contribution in [-0.2, 0) is 11.2 Å². The smallest absolute Gasteiger partial charge is 0.234 e. The normalized spacial score (nSPS) is 12.5. The predicted octanol–water partition coefficient (Wildman–Crippen LogP) is 4.32. The molecule has 2 aromatic carbocycles. The van der Waals surface area contributed by atoms with E-state index in [0.717, 1.165) is 33.7 Å². The number of ether oxygens (including phenoxy) is 4. The molecule has 31 heavy (non-hydrogen) atoms. The molecule has 0 spiro atoms. The monoisotopic (exact) mass is 440 g/mol. The van der Waals surface area contributed by atoms with E-state index >= 15 is 0 Å². The molecule has 0 bridgehead atoms. The third-order valence-electron chi connectivity index (χ3n) is 4.92. The molecule has 0 unspecified atom stereocenters. The second-order valence-corrected chi connectivity index (χ2v) is 7.86. The first kappa shape index (κ1) is 21.1. The largest absolute Gasteiger partial charge is 0.497 e. The summed E-state index contributed by atoms with van der Waals surface area (Å²) in [4.78, 5) is 17.4. The van der Waals surface area contributed by atoms with Crippen LogP contribution in [0.1, 0.15) is 12.5 Å². The van der Waals surface area contributed by atoms with Gasteiger partial charge in [-0.2, -0.15) is 0 Å².